The maximum atomic E-state index is 4.70. The Bertz CT molecular complexity index is 1310. The molecule has 0 unspecified atom stereocenters. The number of fused-ring (bicyclic) bond motifs is 2. The molecule has 0 radical (unpaired) electrons. The minimum Gasteiger partial charge on any atom is -0.343 e. The summed E-state index contributed by atoms with van der Waals surface area (Å²) in [5.74, 6) is 0. The largest absolute Gasteiger partial charge is 2.00 e. The molecule has 1 heterocycles. The molecule has 0 atom stereocenters. The van der Waals surface area contributed by atoms with Crippen LogP contribution >= 0.6 is 0 Å². The Morgan fingerprint density at radius 1 is 0.793 bits per heavy atom. The van der Waals surface area contributed by atoms with Gasteiger partial charge in [0.15, 0.2) is 0 Å². The van der Waals surface area contributed by atoms with Gasteiger partial charge < -0.3 is 4.99 Å². The van der Waals surface area contributed by atoms with E-state index in [0.717, 1.165) is 44.1 Å². The number of benzene rings is 4. The molecule has 2 nitrogen and oxygen atoms in total. The molecule has 140 valence electrons. The minimum absolute atomic E-state index is 0. The fraction of sp³-hybridized carbons (Fsp3) is 0. The Labute approximate surface area is 183 Å². The topological polar surface area (TPSA) is 25.2 Å². The van der Waals surface area contributed by atoms with Crippen molar-refractivity contribution in [1.29, 1.82) is 0 Å². The van der Waals surface area contributed by atoms with Crippen LogP contribution < -0.4 is 0 Å². The molecule has 29 heavy (non-hydrogen) atoms. The van der Waals surface area contributed by atoms with Crippen LogP contribution in [-0.2, 0) is 20.4 Å². The molecule has 1 aromatic heterocycles. The number of pyridine rings is 1. The summed E-state index contributed by atoms with van der Waals surface area (Å²) in [5, 5.41) is 3.24. The summed E-state index contributed by atoms with van der Waals surface area (Å²) in [4.78, 5) is 9.28. The van der Waals surface area contributed by atoms with Crippen LogP contribution in [0.1, 0.15) is 5.56 Å². The van der Waals surface area contributed by atoms with Crippen molar-refractivity contribution in [3.8, 4) is 11.1 Å². The second-order valence-electron chi connectivity index (χ2n) is 6.57. The summed E-state index contributed by atoms with van der Waals surface area (Å²) < 4.78 is 0. The molecule has 4 aromatic carbocycles. The quantitative estimate of drug-likeness (QED) is 0.173. The normalized spacial score (nSPS) is 11.0. The number of hydrogen-bond donors (Lipinski definition) is 0. The standard InChI is InChI=1S/C26H16N2.Pd/c1-2-7-19(8-3-1)18-28-25-13-5-9-20-14-15-22(17-24(20)25)23-12-4-10-21-11-6-16-27-26(21)23;/h1-7,9-16,18H;/q-2;+2. The zero-order chi connectivity index (χ0) is 18.8. The summed E-state index contributed by atoms with van der Waals surface area (Å²) in [6.45, 7) is 0. The Kier molecular flexibility index (Phi) is 5.62. The molecule has 3 heteroatoms. The number of para-hydroxylation sites is 1. The van der Waals surface area contributed by atoms with Gasteiger partial charge in [-0.05, 0) is 17.1 Å². The molecule has 5 aromatic rings. The second-order valence-corrected chi connectivity index (χ2v) is 6.57. The van der Waals surface area contributed by atoms with Gasteiger partial charge in [-0.25, -0.2) is 0 Å². The summed E-state index contributed by atoms with van der Waals surface area (Å²) >= 11 is 0. The maximum Gasteiger partial charge on any atom is 2.00 e. The molecule has 0 spiro atoms. The molecule has 0 fully saturated rings. The van der Waals surface area contributed by atoms with E-state index in [2.05, 4.69) is 59.6 Å². The number of rotatable bonds is 3. The van der Waals surface area contributed by atoms with Crippen LogP contribution in [0.2, 0.25) is 0 Å². The van der Waals surface area contributed by atoms with E-state index in [9.17, 15) is 0 Å². The zero-order valence-corrected chi connectivity index (χ0v) is 17.0. The Morgan fingerprint density at radius 3 is 2.55 bits per heavy atom. The molecule has 0 aliphatic heterocycles. The first kappa shape index (κ1) is 19.2. The van der Waals surface area contributed by atoms with E-state index in [1.807, 2.05) is 54.9 Å². The van der Waals surface area contributed by atoms with E-state index in [0.29, 0.717) is 0 Å². The summed E-state index contributed by atoms with van der Waals surface area (Å²) in [5.41, 5.74) is 4.93. The summed E-state index contributed by atoms with van der Waals surface area (Å²) in [6.07, 6.45) is 3.67. The van der Waals surface area contributed by atoms with Crippen LogP contribution in [0, 0.1) is 12.1 Å². The summed E-state index contributed by atoms with van der Waals surface area (Å²) in [7, 11) is 0. The monoisotopic (exact) mass is 462 g/mol. The van der Waals surface area contributed by atoms with E-state index < -0.39 is 0 Å². The Balaban J connectivity index is 0.00000205. The maximum absolute atomic E-state index is 4.70. The van der Waals surface area contributed by atoms with Crippen molar-refractivity contribution >= 4 is 33.6 Å². The van der Waals surface area contributed by atoms with E-state index in [4.69, 9.17) is 4.99 Å². The third-order valence-electron chi connectivity index (χ3n) is 4.76. The molecule has 0 saturated heterocycles. The SMILES string of the molecule is [Pd+2].[c-]1ccccc1C=Nc1cccc2ccc(-c3cccc4cccnc34)[c-]c12. The van der Waals surface area contributed by atoms with Gasteiger partial charge in [-0.15, -0.1) is 59.7 Å². The summed E-state index contributed by atoms with van der Waals surface area (Å²) in [6, 6.07) is 35.2. The first-order chi connectivity index (χ1) is 13.9. The fourth-order valence-corrected chi connectivity index (χ4v) is 3.39. The van der Waals surface area contributed by atoms with Gasteiger partial charge in [0.05, 0.1) is 0 Å². The average molecular weight is 463 g/mol. The molecule has 0 amide bonds. The van der Waals surface area contributed by atoms with E-state index in [1.54, 1.807) is 0 Å². The predicted molar refractivity (Wildman–Crippen MR) is 116 cm³/mol. The molecule has 0 saturated carbocycles. The van der Waals surface area contributed by atoms with Crippen LogP contribution in [0.25, 0.3) is 32.8 Å². The molecule has 0 aliphatic rings. The van der Waals surface area contributed by atoms with Crippen molar-refractivity contribution < 1.29 is 20.4 Å². The molecule has 0 bridgehead atoms. The molecule has 0 aliphatic carbocycles. The van der Waals surface area contributed by atoms with Gasteiger partial charge in [0.1, 0.15) is 0 Å². The van der Waals surface area contributed by atoms with Crippen LogP contribution in [0.4, 0.5) is 5.69 Å². The van der Waals surface area contributed by atoms with Gasteiger partial charge in [0.25, 0.3) is 0 Å². The van der Waals surface area contributed by atoms with Crippen LogP contribution in [0.5, 0.6) is 0 Å². The molecule has 0 N–H and O–H groups in total. The van der Waals surface area contributed by atoms with Gasteiger partial charge in [-0.3, -0.25) is 4.98 Å². The van der Waals surface area contributed by atoms with Crippen LogP contribution in [-0.4, -0.2) is 11.2 Å². The Hall–Kier alpha value is -3.12. The van der Waals surface area contributed by atoms with Crippen molar-refractivity contribution in [2.45, 2.75) is 0 Å². The molecule has 5 rings (SSSR count). The minimum atomic E-state index is 0. The van der Waals surface area contributed by atoms with E-state index >= 15 is 0 Å². The second kappa shape index (κ2) is 8.49. The van der Waals surface area contributed by atoms with Crippen LogP contribution in [0.15, 0.2) is 96.1 Å². The predicted octanol–water partition coefficient (Wildman–Crippen LogP) is 6.40. The number of aliphatic imine (C=N–C) groups is 1. The van der Waals surface area contributed by atoms with Gasteiger partial charge in [0.2, 0.25) is 0 Å². The van der Waals surface area contributed by atoms with Gasteiger partial charge >= 0.3 is 20.4 Å². The third-order valence-corrected chi connectivity index (χ3v) is 4.76. The fourth-order valence-electron chi connectivity index (χ4n) is 3.39. The van der Waals surface area contributed by atoms with Crippen molar-refractivity contribution in [2.24, 2.45) is 4.99 Å². The molecular weight excluding hydrogens is 447 g/mol. The number of aromatic nitrogens is 1. The van der Waals surface area contributed by atoms with E-state index in [1.165, 1.54) is 0 Å². The molecular formula is C26H16N2Pd. The van der Waals surface area contributed by atoms with E-state index in [-0.39, 0.29) is 20.4 Å². The van der Waals surface area contributed by atoms with Gasteiger partial charge in [-0.2, -0.15) is 0 Å². The van der Waals surface area contributed by atoms with Gasteiger partial charge in [0, 0.05) is 11.7 Å². The smallest absolute Gasteiger partial charge is 0.343 e. The van der Waals surface area contributed by atoms with Crippen molar-refractivity contribution in [1.82, 2.24) is 4.98 Å². The number of nitrogens with zero attached hydrogens (tertiary/aromatic N) is 2. The average Bonchev–Trinajstić information content (AvgIpc) is 2.77. The first-order valence-corrected chi connectivity index (χ1v) is 9.18. The van der Waals surface area contributed by atoms with Crippen molar-refractivity contribution in [3.63, 3.8) is 0 Å². The number of hydrogen-bond acceptors (Lipinski definition) is 2. The first-order valence-electron chi connectivity index (χ1n) is 9.18. The van der Waals surface area contributed by atoms with Crippen molar-refractivity contribution in [2.75, 3.05) is 0 Å². The van der Waals surface area contributed by atoms with Crippen LogP contribution in [0.3, 0.4) is 0 Å². The van der Waals surface area contributed by atoms with Gasteiger partial charge in [-0.1, -0.05) is 65.0 Å². The van der Waals surface area contributed by atoms with Crippen molar-refractivity contribution in [3.05, 3.63) is 109 Å². The Morgan fingerprint density at radius 2 is 1.66 bits per heavy atom. The zero-order valence-electron chi connectivity index (χ0n) is 15.4. The third kappa shape index (κ3) is 3.89.